The lowest BCUT2D eigenvalue weighted by Gasteiger charge is -2.35. The Balaban J connectivity index is 1.53. The first-order chi connectivity index (χ1) is 20.2. The standard InChI is InChI=1S/C33H37FN4O4/c1-21-17-38(22(2)19-39)32(40)31-30(27-11-7-8-12-28(27)37(31)4)26-10-6-5-9-23(26)20-42-29(21)18-36(3)33(41)35-25-15-13-24(34)14-16-25/h5-16,21-22,29,39H,17-20H2,1-4H3,(H,35,41)/t21-,22-,29+/m0/s1. The van der Waals surface area contributed by atoms with Gasteiger partial charge in [0.2, 0.25) is 0 Å². The fraction of sp³-hybridized carbons (Fsp3) is 0.333. The zero-order valence-corrected chi connectivity index (χ0v) is 24.4. The van der Waals surface area contributed by atoms with Crippen LogP contribution in [0.3, 0.4) is 0 Å². The van der Waals surface area contributed by atoms with E-state index in [-0.39, 0.29) is 43.4 Å². The molecule has 42 heavy (non-hydrogen) atoms. The predicted molar refractivity (Wildman–Crippen MR) is 162 cm³/mol. The molecule has 1 aliphatic heterocycles. The number of carbonyl (C=O) groups is 2. The molecule has 2 heterocycles. The smallest absolute Gasteiger partial charge is 0.321 e. The molecule has 0 spiro atoms. The Hall–Kier alpha value is -4.21. The molecular formula is C33H37FN4O4. The molecule has 2 N–H and O–H groups in total. The number of nitrogens with one attached hydrogen (secondary N) is 1. The van der Waals surface area contributed by atoms with Crippen molar-refractivity contribution in [3.8, 4) is 11.1 Å². The van der Waals surface area contributed by atoms with Crippen LogP contribution < -0.4 is 5.32 Å². The molecule has 5 rings (SSSR count). The van der Waals surface area contributed by atoms with Gasteiger partial charge in [-0.15, -0.1) is 0 Å². The topological polar surface area (TPSA) is 87.0 Å². The van der Waals surface area contributed by atoms with E-state index in [0.29, 0.717) is 17.9 Å². The molecule has 1 aromatic heterocycles. The monoisotopic (exact) mass is 572 g/mol. The van der Waals surface area contributed by atoms with Crippen LogP contribution in [-0.2, 0) is 18.4 Å². The summed E-state index contributed by atoms with van der Waals surface area (Å²) < 4.78 is 21.8. The molecule has 0 saturated heterocycles. The average Bonchev–Trinajstić information content (AvgIpc) is 3.29. The average molecular weight is 573 g/mol. The lowest BCUT2D eigenvalue weighted by Crippen LogP contribution is -2.48. The van der Waals surface area contributed by atoms with Gasteiger partial charge in [0, 0.05) is 55.3 Å². The molecule has 3 aromatic carbocycles. The van der Waals surface area contributed by atoms with Crippen LogP contribution in [0.2, 0.25) is 0 Å². The van der Waals surface area contributed by atoms with E-state index < -0.39 is 12.1 Å². The fourth-order valence-electron chi connectivity index (χ4n) is 5.63. The van der Waals surface area contributed by atoms with Crippen molar-refractivity contribution in [2.45, 2.75) is 32.6 Å². The second kappa shape index (κ2) is 12.3. The van der Waals surface area contributed by atoms with Gasteiger partial charge in [0.15, 0.2) is 0 Å². The number of ether oxygens (including phenoxy) is 1. The zero-order chi connectivity index (χ0) is 30.0. The van der Waals surface area contributed by atoms with Crippen LogP contribution in [-0.4, -0.2) is 70.3 Å². The van der Waals surface area contributed by atoms with E-state index in [1.807, 2.05) is 74.0 Å². The van der Waals surface area contributed by atoms with E-state index in [1.165, 1.54) is 29.2 Å². The molecule has 0 bridgehead atoms. The first kappa shape index (κ1) is 29.3. The van der Waals surface area contributed by atoms with Gasteiger partial charge in [0.25, 0.3) is 5.91 Å². The first-order valence-corrected chi connectivity index (χ1v) is 14.2. The third-order valence-corrected chi connectivity index (χ3v) is 8.12. The van der Waals surface area contributed by atoms with E-state index in [0.717, 1.165) is 27.6 Å². The van der Waals surface area contributed by atoms with Gasteiger partial charge in [-0.05, 0) is 48.4 Å². The molecule has 0 unspecified atom stereocenters. The van der Waals surface area contributed by atoms with Gasteiger partial charge in [0.05, 0.1) is 25.4 Å². The summed E-state index contributed by atoms with van der Waals surface area (Å²) in [7, 11) is 3.58. The number of nitrogens with zero attached hydrogens (tertiary/aromatic N) is 3. The van der Waals surface area contributed by atoms with Crippen molar-refractivity contribution in [2.24, 2.45) is 13.0 Å². The molecule has 0 aliphatic carbocycles. The van der Waals surface area contributed by atoms with Crippen molar-refractivity contribution in [1.29, 1.82) is 0 Å². The van der Waals surface area contributed by atoms with Gasteiger partial charge in [-0.25, -0.2) is 9.18 Å². The SMILES string of the molecule is C[C@H]1CN([C@@H](C)CO)C(=O)c2c(c3ccccc3n2C)-c2ccccc2CO[C@@H]1CN(C)C(=O)Nc1ccc(F)cc1. The maximum atomic E-state index is 14.4. The summed E-state index contributed by atoms with van der Waals surface area (Å²) >= 11 is 0. The molecule has 0 saturated carbocycles. The number of hydrogen-bond acceptors (Lipinski definition) is 4. The number of anilines is 1. The molecule has 3 atom stereocenters. The number of benzene rings is 3. The number of aryl methyl sites for hydroxylation is 1. The van der Waals surface area contributed by atoms with E-state index in [1.54, 1.807) is 11.9 Å². The highest BCUT2D eigenvalue weighted by atomic mass is 19.1. The van der Waals surface area contributed by atoms with Crippen LogP contribution >= 0.6 is 0 Å². The maximum absolute atomic E-state index is 14.4. The number of carbonyl (C=O) groups excluding carboxylic acids is 2. The van der Waals surface area contributed by atoms with Crippen molar-refractivity contribution < 1.29 is 23.8 Å². The Morgan fingerprint density at radius 2 is 1.81 bits per heavy atom. The number of likely N-dealkylation sites (N-methyl/N-ethyl adjacent to an activating group) is 1. The summed E-state index contributed by atoms with van der Waals surface area (Å²) in [4.78, 5) is 30.7. The van der Waals surface area contributed by atoms with E-state index in [2.05, 4.69) is 5.32 Å². The lowest BCUT2D eigenvalue weighted by molar-refractivity contribution is -0.0179. The van der Waals surface area contributed by atoms with Crippen molar-refractivity contribution in [2.75, 3.05) is 32.1 Å². The van der Waals surface area contributed by atoms with Gasteiger partial charge in [0.1, 0.15) is 11.5 Å². The number of aliphatic hydroxyl groups is 1. The molecule has 0 radical (unpaired) electrons. The second-order valence-corrected chi connectivity index (χ2v) is 11.1. The number of rotatable bonds is 5. The number of fused-ring (bicyclic) bond motifs is 5. The van der Waals surface area contributed by atoms with Gasteiger partial charge in [-0.3, -0.25) is 4.79 Å². The van der Waals surface area contributed by atoms with Crippen LogP contribution in [0.1, 0.15) is 29.9 Å². The number of urea groups is 1. The first-order valence-electron chi connectivity index (χ1n) is 14.2. The quantitative estimate of drug-likeness (QED) is 0.330. The maximum Gasteiger partial charge on any atom is 0.321 e. The minimum atomic E-state index is -0.443. The second-order valence-electron chi connectivity index (χ2n) is 11.1. The summed E-state index contributed by atoms with van der Waals surface area (Å²) in [6.07, 6.45) is -0.429. The number of halogens is 1. The van der Waals surface area contributed by atoms with Crippen molar-refractivity contribution in [1.82, 2.24) is 14.4 Å². The molecule has 220 valence electrons. The molecule has 1 aliphatic rings. The molecule has 8 nitrogen and oxygen atoms in total. The number of hydrogen-bond donors (Lipinski definition) is 2. The van der Waals surface area contributed by atoms with E-state index >= 15 is 0 Å². The van der Waals surface area contributed by atoms with Crippen LogP contribution in [0.25, 0.3) is 22.0 Å². The summed E-state index contributed by atoms with van der Waals surface area (Å²) in [5.41, 5.74) is 4.67. The molecule has 9 heteroatoms. The minimum Gasteiger partial charge on any atom is -0.394 e. The minimum absolute atomic E-state index is 0.171. The van der Waals surface area contributed by atoms with E-state index in [4.69, 9.17) is 4.74 Å². The normalized spacial score (nSPS) is 18.1. The largest absolute Gasteiger partial charge is 0.394 e. The number of para-hydroxylation sites is 1. The van der Waals surface area contributed by atoms with Crippen LogP contribution in [0.4, 0.5) is 14.9 Å². The van der Waals surface area contributed by atoms with Crippen LogP contribution in [0.15, 0.2) is 72.8 Å². The van der Waals surface area contributed by atoms with Crippen LogP contribution in [0, 0.1) is 11.7 Å². The lowest BCUT2D eigenvalue weighted by atomic mass is 9.96. The summed E-state index contributed by atoms with van der Waals surface area (Å²) in [5.74, 6) is -0.741. The summed E-state index contributed by atoms with van der Waals surface area (Å²) in [6, 6.07) is 20.7. The van der Waals surface area contributed by atoms with E-state index in [9.17, 15) is 19.1 Å². The molecular weight excluding hydrogens is 535 g/mol. The zero-order valence-electron chi connectivity index (χ0n) is 24.4. The molecule has 0 fully saturated rings. The van der Waals surface area contributed by atoms with Crippen molar-refractivity contribution in [3.63, 3.8) is 0 Å². The van der Waals surface area contributed by atoms with Crippen molar-refractivity contribution >= 4 is 28.5 Å². The Kier molecular flexibility index (Phi) is 8.61. The van der Waals surface area contributed by atoms with Gasteiger partial charge in [-0.1, -0.05) is 49.4 Å². The Morgan fingerprint density at radius 3 is 2.55 bits per heavy atom. The summed E-state index contributed by atoms with van der Waals surface area (Å²) in [5, 5.41) is 13.9. The highest BCUT2D eigenvalue weighted by molar-refractivity contribution is 6.10. The number of amides is 3. The Bertz CT molecular complexity index is 1580. The summed E-state index contributed by atoms with van der Waals surface area (Å²) in [6.45, 7) is 4.48. The molecule has 3 amide bonds. The number of aliphatic hydroxyl groups excluding tert-OH is 1. The van der Waals surface area contributed by atoms with Gasteiger partial charge < -0.3 is 29.5 Å². The van der Waals surface area contributed by atoms with Gasteiger partial charge in [-0.2, -0.15) is 0 Å². The Labute approximate surface area is 245 Å². The molecule has 4 aromatic rings. The highest BCUT2D eigenvalue weighted by Crippen LogP contribution is 2.38. The predicted octanol–water partition coefficient (Wildman–Crippen LogP) is 5.51. The Morgan fingerprint density at radius 1 is 1.12 bits per heavy atom. The highest BCUT2D eigenvalue weighted by Gasteiger charge is 2.34. The fourth-order valence-corrected chi connectivity index (χ4v) is 5.63. The number of aromatic nitrogens is 1. The van der Waals surface area contributed by atoms with Crippen LogP contribution in [0.5, 0.6) is 0 Å². The van der Waals surface area contributed by atoms with Crippen molar-refractivity contribution in [3.05, 3.63) is 89.9 Å². The van der Waals surface area contributed by atoms with Gasteiger partial charge >= 0.3 is 6.03 Å². The third kappa shape index (κ3) is 5.75. The third-order valence-electron chi connectivity index (χ3n) is 8.12.